The van der Waals surface area contributed by atoms with Crippen molar-refractivity contribution in [3.8, 4) is 69.6 Å². The molecule has 0 saturated carbocycles. The maximum atomic E-state index is 3.42. The van der Waals surface area contributed by atoms with Crippen LogP contribution in [0.15, 0.2) is 72.8 Å². The van der Waals surface area contributed by atoms with E-state index in [2.05, 4.69) is 162 Å². The second-order valence-electron chi connectivity index (χ2n) is 14.6. The van der Waals surface area contributed by atoms with Crippen LogP contribution >= 0.6 is 0 Å². The van der Waals surface area contributed by atoms with Crippen LogP contribution in [0, 0.1) is 47.4 Å². The summed E-state index contributed by atoms with van der Waals surface area (Å²) >= 11 is 0. The van der Waals surface area contributed by atoms with E-state index in [0.717, 1.165) is 44.5 Å². The van der Waals surface area contributed by atoms with Crippen molar-refractivity contribution in [1.29, 1.82) is 0 Å². The van der Waals surface area contributed by atoms with Crippen molar-refractivity contribution in [1.82, 2.24) is 0 Å². The lowest BCUT2D eigenvalue weighted by atomic mass is 9.81. The van der Waals surface area contributed by atoms with Gasteiger partial charge < -0.3 is 0 Å². The molecule has 0 aliphatic carbocycles. The Kier molecular flexibility index (Phi) is 8.35. The molecule has 0 unspecified atom stereocenters. The molecule has 0 spiro atoms. The summed E-state index contributed by atoms with van der Waals surface area (Å²) in [5, 5.41) is 7.41. The standard InChI is InChI=1S/C48H42/c1-11-15-31-27-41(47(5,6)7)28-32(16-12-2)43(31)39-23-35-19-21-37-25-40(26-38-22-20-36(24-39)45(35)46(37)38)44-33(17-13-3)29-42(48(8,9)10)30-34(44)18-14-4/h19-30H,1-10H3. The SMILES string of the molecule is CC#Cc1cc(C(C)(C)C)cc(C#CC)c1-c1cc2ccc3cc(-c4c(C#CC)cc(C(C)(C)C)cc4C#CC)cc4ccc(c1)c2c34. The highest BCUT2D eigenvalue weighted by molar-refractivity contribution is 6.24. The lowest BCUT2D eigenvalue weighted by Gasteiger charge is -2.23. The van der Waals surface area contributed by atoms with Crippen LogP contribution in [-0.2, 0) is 10.8 Å². The number of rotatable bonds is 2. The minimum absolute atomic E-state index is 0.0124. The molecule has 0 atom stereocenters. The fraction of sp³-hybridized carbons (Fsp3) is 0.250. The molecule has 0 aliphatic rings. The number of benzene rings is 6. The molecule has 0 radical (unpaired) electrons. The van der Waals surface area contributed by atoms with Crippen LogP contribution in [-0.4, -0.2) is 0 Å². The molecule has 6 aromatic carbocycles. The van der Waals surface area contributed by atoms with Crippen molar-refractivity contribution in [3.05, 3.63) is 106 Å². The van der Waals surface area contributed by atoms with Crippen LogP contribution < -0.4 is 0 Å². The number of hydrogen-bond donors (Lipinski definition) is 0. The Morgan fingerprint density at radius 2 is 0.625 bits per heavy atom. The fourth-order valence-electron chi connectivity index (χ4n) is 6.83. The molecule has 0 amide bonds. The van der Waals surface area contributed by atoms with Gasteiger partial charge in [-0.15, -0.1) is 23.7 Å². The zero-order valence-electron chi connectivity index (χ0n) is 29.9. The molecule has 234 valence electrons. The summed E-state index contributed by atoms with van der Waals surface area (Å²) in [4.78, 5) is 0. The number of hydrogen-bond acceptors (Lipinski definition) is 0. The van der Waals surface area contributed by atoms with Gasteiger partial charge >= 0.3 is 0 Å². The molecule has 6 rings (SSSR count). The van der Waals surface area contributed by atoms with Crippen molar-refractivity contribution >= 4 is 32.3 Å². The summed E-state index contributed by atoms with van der Waals surface area (Å²) in [6.45, 7) is 21.1. The Hall–Kier alpha value is -5.40. The van der Waals surface area contributed by atoms with Crippen LogP contribution in [0.2, 0.25) is 0 Å². The van der Waals surface area contributed by atoms with E-state index in [9.17, 15) is 0 Å². The van der Waals surface area contributed by atoms with E-state index >= 15 is 0 Å². The Morgan fingerprint density at radius 3 is 0.833 bits per heavy atom. The zero-order valence-corrected chi connectivity index (χ0v) is 29.9. The highest BCUT2D eigenvalue weighted by atomic mass is 14.2. The Balaban J connectivity index is 1.61. The van der Waals surface area contributed by atoms with Crippen molar-refractivity contribution in [2.45, 2.75) is 80.1 Å². The third-order valence-corrected chi connectivity index (χ3v) is 9.16. The Morgan fingerprint density at radius 1 is 0.375 bits per heavy atom. The van der Waals surface area contributed by atoms with Gasteiger partial charge in [-0.1, -0.05) is 89.5 Å². The van der Waals surface area contributed by atoms with Gasteiger partial charge in [0.2, 0.25) is 0 Å². The van der Waals surface area contributed by atoms with Crippen LogP contribution in [0.4, 0.5) is 0 Å². The first kappa shape index (κ1) is 32.5. The fourth-order valence-corrected chi connectivity index (χ4v) is 6.83. The first-order valence-electron chi connectivity index (χ1n) is 16.7. The summed E-state index contributed by atoms with van der Waals surface area (Å²) in [5.74, 6) is 26.3. The first-order chi connectivity index (χ1) is 22.9. The summed E-state index contributed by atoms with van der Waals surface area (Å²) in [5.41, 5.74) is 11.0. The normalized spacial score (nSPS) is 11.3. The van der Waals surface area contributed by atoms with Crippen LogP contribution in [0.1, 0.15) is 103 Å². The van der Waals surface area contributed by atoms with Crippen LogP contribution in [0.3, 0.4) is 0 Å². The molecule has 0 bridgehead atoms. The highest BCUT2D eigenvalue weighted by Crippen LogP contribution is 2.42. The van der Waals surface area contributed by atoms with Crippen molar-refractivity contribution in [2.24, 2.45) is 0 Å². The van der Waals surface area contributed by atoms with E-state index in [0.29, 0.717) is 0 Å². The molecule has 0 nitrogen and oxygen atoms in total. The molecular formula is C48H42. The predicted octanol–water partition coefficient (Wildman–Crippen LogP) is 12.0. The van der Waals surface area contributed by atoms with E-state index in [1.54, 1.807) is 0 Å². The molecule has 0 N–H and O–H groups in total. The van der Waals surface area contributed by atoms with Crippen molar-refractivity contribution < 1.29 is 0 Å². The second-order valence-corrected chi connectivity index (χ2v) is 14.6. The summed E-state index contributed by atoms with van der Waals surface area (Å²) < 4.78 is 0. The molecule has 0 aliphatic heterocycles. The molecule has 48 heavy (non-hydrogen) atoms. The summed E-state index contributed by atoms with van der Waals surface area (Å²) in [6.07, 6.45) is 0. The van der Waals surface area contributed by atoms with E-state index in [-0.39, 0.29) is 10.8 Å². The topological polar surface area (TPSA) is 0 Å². The molecule has 0 heterocycles. The molecule has 6 aromatic rings. The minimum Gasteiger partial charge on any atom is -0.101 e. The lowest BCUT2D eigenvalue weighted by molar-refractivity contribution is 0.589. The Bertz CT molecular complexity index is 2180. The average Bonchev–Trinajstić information content (AvgIpc) is 3.02. The van der Waals surface area contributed by atoms with E-state index in [4.69, 9.17) is 0 Å². The van der Waals surface area contributed by atoms with Gasteiger partial charge in [-0.2, -0.15) is 0 Å². The average molecular weight is 619 g/mol. The van der Waals surface area contributed by atoms with Crippen molar-refractivity contribution in [3.63, 3.8) is 0 Å². The maximum Gasteiger partial charge on any atom is 0.0339 e. The van der Waals surface area contributed by atoms with Gasteiger partial charge in [-0.25, -0.2) is 0 Å². The molecule has 0 heteroatoms. The van der Waals surface area contributed by atoms with Gasteiger partial charge in [-0.3, -0.25) is 0 Å². The van der Waals surface area contributed by atoms with Crippen LogP contribution in [0.25, 0.3) is 54.6 Å². The van der Waals surface area contributed by atoms with Gasteiger partial charge in [0.25, 0.3) is 0 Å². The molecule has 0 fully saturated rings. The maximum absolute atomic E-state index is 3.42. The largest absolute Gasteiger partial charge is 0.101 e. The van der Waals surface area contributed by atoms with E-state index in [1.807, 2.05) is 27.7 Å². The van der Waals surface area contributed by atoms with Gasteiger partial charge in [0, 0.05) is 33.4 Å². The quantitative estimate of drug-likeness (QED) is 0.134. The smallest absolute Gasteiger partial charge is 0.0339 e. The van der Waals surface area contributed by atoms with Gasteiger partial charge in [-0.05, 0) is 142 Å². The van der Waals surface area contributed by atoms with Gasteiger partial charge in [0.05, 0.1) is 0 Å². The molecule has 0 aromatic heterocycles. The summed E-state index contributed by atoms with van der Waals surface area (Å²) in [7, 11) is 0. The van der Waals surface area contributed by atoms with Gasteiger partial charge in [0.15, 0.2) is 0 Å². The zero-order chi connectivity index (χ0) is 34.4. The molecular weight excluding hydrogens is 577 g/mol. The van der Waals surface area contributed by atoms with E-state index < -0.39 is 0 Å². The second kappa shape index (κ2) is 12.3. The molecule has 0 saturated heterocycles. The minimum atomic E-state index is -0.0124. The van der Waals surface area contributed by atoms with Crippen molar-refractivity contribution in [2.75, 3.05) is 0 Å². The predicted molar refractivity (Wildman–Crippen MR) is 209 cm³/mol. The third-order valence-electron chi connectivity index (χ3n) is 9.16. The summed E-state index contributed by atoms with van der Waals surface area (Å²) in [6, 6.07) is 27.3. The van der Waals surface area contributed by atoms with E-state index in [1.165, 1.54) is 43.4 Å². The Labute approximate surface area is 287 Å². The highest BCUT2D eigenvalue weighted by Gasteiger charge is 2.22. The third kappa shape index (κ3) is 5.82. The lowest BCUT2D eigenvalue weighted by Crippen LogP contribution is -2.12. The van der Waals surface area contributed by atoms with Gasteiger partial charge in [0.1, 0.15) is 0 Å². The van der Waals surface area contributed by atoms with Crippen LogP contribution in [0.5, 0.6) is 0 Å². The first-order valence-corrected chi connectivity index (χ1v) is 16.7. The monoisotopic (exact) mass is 618 g/mol.